The SMILES string of the molecule is CCC(CC(=O)[O-])P(=O)(O)CC.CCC(CC(=O)[O-])P(=O)(O)CC.CCC(CC(=O)[O-])P(=O)(O)CC.[Al+3]. The van der Waals surface area contributed by atoms with E-state index in [9.17, 15) is 58.1 Å². The van der Waals surface area contributed by atoms with Crippen LogP contribution < -0.4 is 15.3 Å². The van der Waals surface area contributed by atoms with Crippen LogP contribution in [0.2, 0.25) is 0 Å². The molecule has 0 aromatic carbocycles. The molecule has 0 rings (SSSR count). The van der Waals surface area contributed by atoms with Crippen molar-refractivity contribution in [2.24, 2.45) is 0 Å². The Morgan fingerprint density at radius 2 is 0.703 bits per heavy atom. The van der Waals surface area contributed by atoms with Gasteiger partial charge >= 0.3 is 17.4 Å². The largest absolute Gasteiger partial charge is 3.00 e. The van der Waals surface area contributed by atoms with Gasteiger partial charge in [-0.25, -0.2) is 0 Å². The molecular weight excluding hydrogens is 564 g/mol. The van der Waals surface area contributed by atoms with E-state index in [4.69, 9.17) is 0 Å². The van der Waals surface area contributed by atoms with E-state index < -0.39 is 57.0 Å². The van der Waals surface area contributed by atoms with Gasteiger partial charge in [0, 0.05) is 53.4 Å². The summed E-state index contributed by atoms with van der Waals surface area (Å²) in [5.41, 5.74) is -1.94. The molecule has 6 atom stereocenters. The minimum Gasteiger partial charge on any atom is -0.550 e. The molecule has 0 fully saturated rings. The number of carbonyl (C=O) groups excluding carboxylic acids is 3. The van der Waals surface area contributed by atoms with Crippen molar-refractivity contribution in [1.29, 1.82) is 0 Å². The molecule has 0 bridgehead atoms. The summed E-state index contributed by atoms with van der Waals surface area (Å²) < 4.78 is 33.9. The van der Waals surface area contributed by atoms with Gasteiger partial charge < -0.3 is 44.4 Å². The first kappa shape index (κ1) is 43.6. The van der Waals surface area contributed by atoms with Crippen LogP contribution in [0.1, 0.15) is 80.1 Å². The maximum absolute atomic E-state index is 11.3. The first-order chi connectivity index (χ1) is 16.3. The third kappa shape index (κ3) is 20.1. The van der Waals surface area contributed by atoms with Crippen LogP contribution >= 0.6 is 22.1 Å². The van der Waals surface area contributed by atoms with Crippen LogP contribution in [-0.4, -0.2) is 85.4 Å². The standard InChI is InChI=1S/3C7H15O4P.Al/c3*1-3-6(5-7(8)9)12(10,11)4-2;/h3*6H,3-5H2,1-2H3,(H,8,9)(H,10,11);/q;;;+3/p-3. The number of hydrogen-bond donors (Lipinski definition) is 3. The second-order valence-electron chi connectivity index (χ2n) is 8.13. The molecule has 3 N–H and O–H groups in total. The third-order valence-electron chi connectivity index (χ3n) is 5.69. The number of aliphatic carboxylic acids is 3. The third-order valence-corrected chi connectivity index (χ3v) is 13.5. The molecule has 0 amide bonds. The van der Waals surface area contributed by atoms with Gasteiger partial charge in [-0.3, -0.25) is 13.7 Å². The molecular formula is C21H42AlO12P3. The summed E-state index contributed by atoms with van der Waals surface area (Å²) in [6.07, 6.45) is 0.603. The fourth-order valence-electron chi connectivity index (χ4n) is 3.07. The minimum atomic E-state index is -3.26. The summed E-state index contributed by atoms with van der Waals surface area (Å²) >= 11 is 0. The number of carbonyl (C=O) groups is 3. The molecule has 0 heterocycles. The molecule has 0 aliphatic heterocycles. The molecule has 0 aromatic heterocycles. The second-order valence-corrected chi connectivity index (χ2v) is 16.8. The average molecular weight is 606 g/mol. The molecule has 0 aromatic rings. The van der Waals surface area contributed by atoms with Crippen LogP contribution in [0.5, 0.6) is 0 Å². The molecule has 12 nitrogen and oxygen atoms in total. The Morgan fingerprint density at radius 1 is 0.541 bits per heavy atom. The van der Waals surface area contributed by atoms with Crippen LogP contribution in [0.3, 0.4) is 0 Å². The summed E-state index contributed by atoms with van der Waals surface area (Å²) in [4.78, 5) is 58.5. The Morgan fingerprint density at radius 3 is 0.784 bits per heavy atom. The predicted octanol–water partition coefficient (Wildman–Crippen LogP) is 0.205. The maximum atomic E-state index is 11.3. The summed E-state index contributed by atoms with van der Waals surface area (Å²) in [5.74, 6) is -3.78. The van der Waals surface area contributed by atoms with Crippen molar-refractivity contribution in [2.45, 2.75) is 97.0 Å². The van der Waals surface area contributed by atoms with Gasteiger partial charge in [0.25, 0.3) is 0 Å². The summed E-state index contributed by atoms with van der Waals surface area (Å²) in [7, 11) is -9.77. The Hall–Kier alpha value is -0.488. The van der Waals surface area contributed by atoms with Gasteiger partial charge in [0.2, 0.25) is 22.1 Å². The van der Waals surface area contributed by atoms with Crippen LogP contribution in [0, 0.1) is 0 Å². The molecule has 0 saturated carbocycles. The van der Waals surface area contributed by atoms with Gasteiger partial charge in [-0.2, -0.15) is 0 Å². The van der Waals surface area contributed by atoms with Crippen molar-refractivity contribution >= 4 is 57.4 Å². The number of rotatable bonds is 15. The molecule has 216 valence electrons. The maximum Gasteiger partial charge on any atom is 3.00 e. The van der Waals surface area contributed by atoms with Crippen LogP contribution in [0.15, 0.2) is 0 Å². The average Bonchev–Trinajstić information content (AvgIpc) is 2.79. The topological polar surface area (TPSA) is 232 Å². The Labute approximate surface area is 230 Å². The van der Waals surface area contributed by atoms with E-state index >= 15 is 0 Å². The number of carboxylic acids is 3. The zero-order valence-electron chi connectivity index (χ0n) is 22.5. The molecule has 0 saturated heterocycles. The van der Waals surface area contributed by atoms with Crippen LogP contribution in [0.25, 0.3) is 0 Å². The smallest absolute Gasteiger partial charge is 0.550 e. The normalized spacial score (nSPS) is 17.8. The first-order valence-corrected chi connectivity index (χ1v) is 17.6. The van der Waals surface area contributed by atoms with E-state index in [1.807, 2.05) is 0 Å². The van der Waals surface area contributed by atoms with Gasteiger partial charge in [-0.1, -0.05) is 41.5 Å². The van der Waals surface area contributed by atoms with Gasteiger partial charge in [-0.15, -0.1) is 0 Å². The molecule has 0 aliphatic carbocycles. The monoisotopic (exact) mass is 606 g/mol. The predicted molar refractivity (Wildman–Crippen MR) is 138 cm³/mol. The quantitative estimate of drug-likeness (QED) is 0.168. The van der Waals surface area contributed by atoms with Crippen molar-refractivity contribution in [2.75, 3.05) is 18.5 Å². The van der Waals surface area contributed by atoms with Crippen molar-refractivity contribution in [3.05, 3.63) is 0 Å². The summed E-state index contributed by atoms with van der Waals surface area (Å²) in [5, 5.41) is 30.6. The molecule has 0 radical (unpaired) electrons. The minimum absolute atomic E-state index is 0. The van der Waals surface area contributed by atoms with E-state index in [1.165, 1.54) is 0 Å². The molecule has 6 unspecified atom stereocenters. The van der Waals surface area contributed by atoms with E-state index in [-0.39, 0.29) is 55.1 Å². The summed E-state index contributed by atoms with van der Waals surface area (Å²) in [6, 6.07) is 0. The van der Waals surface area contributed by atoms with Crippen molar-refractivity contribution in [3.63, 3.8) is 0 Å². The fourth-order valence-corrected chi connectivity index (χ4v) is 7.63. The number of hydrogen-bond acceptors (Lipinski definition) is 9. The first-order valence-electron chi connectivity index (χ1n) is 11.8. The van der Waals surface area contributed by atoms with E-state index in [1.54, 1.807) is 41.5 Å². The van der Waals surface area contributed by atoms with Gasteiger partial charge in [0.05, 0.1) is 0 Å². The van der Waals surface area contributed by atoms with Crippen molar-refractivity contribution < 1.29 is 58.1 Å². The van der Waals surface area contributed by atoms with E-state index in [0.717, 1.165) is 0 Å². The van der Waals surface area contributed by atoms with Crippen LogP contribution in [0.4, 0.5) is 0 Å². The Bertz CT molecular complexity index is 716. The molecule has 37 heavy (non-hydrogen) atoms. The Balaban J connectivity index is -0.000000218. The zero-order valence-corrected chi connectivity index (χ0v) is 26.4. The molecule has 0 spiro atoms. The Kier molecular flexibility index (Phi) is 25.1. The fraction of sp³-hybridized carbons (Fsp3) is 0.857. The number of carboxylic acid groups (broad SMARTS) is 3. The van der Waals surface area contributed by atoms with Crippen molar-refractivity contribution in [3.8, 4) is 0 Å². The van der Waals surface area contributed by atoms with Gasteiger partial charge in [-0.05, 0) is 38.5 Å². The zero-order chi connectivity index (χ0) is 29.3. The van der Waals surface area contributed by atoms with Gasteiger partial charge in [0.15, 0.2) is 0 Å². The molecule has 0 aliphatic rings. The van der Waals surface area contributed by atoms with E-state index in [0.29, 0.717) is 19.3 Å². The molecule has 16 heteroatoms. The van der Waals surface area contributed by atoms with Gasteiger partial charge in [0.1, 0.15) is 0 Å². The second kappa shape index (κ2) is 21.3. The van der Waals surface area contributed by atoms with Crippen molar-refractivity contribution in [1.82, 2.24) is 0 Å². The van der Waals surface area contributed by atoms with Crippen LogP contribution in [-0.2, 0) is 28.1 Å². The summed E-state index contributed by atoms with van der Waals surface area (Å²) in [6.45, 7) is 9.85. The van der Waals surface area contributed by atoms with E-state index in [2.05, 4.69) is 0 Å².